The van der Waals surface area contributed by atoms with Gasteiger partial charge in [-0.3, -0.25) is 4.90 Å². The van der Waals surface area contributed by atoms with Gasteiger partial charge in [0.05, 0.1) is 6.10 Å². The summed E-state index contributed by atoms with van der Waals surface area (Å²) in [4.78, 5) is 2.54. The third kappa shape index (κ3) is 4.17. The van der Waals surface area contributed by atoms with Crippen molar-refractivity contribution in [2.24, 2.45) is 5.92 Å². The molecule has 0 spiro atoms. The first-order chi connectivity index (χ1) is 9.08. The molecule has 1 saturated carbocycles. The Labute approximate surface area is 118 Å². The van der Waals surface area contributed by atoms with Crippen LogP contribution in [0.2, 0.25) is 0 Å². The standard InChI is InChI=1S/C16H32N2O/c1-12(2)13(3)17-14-8-10-18(11-9-14)15-6-4-5-7-16(15)19/h12-17,19H,4-11H2,1-3H3. The zero-order valence-corrected chi connectivity index (χ0v) is 12.9. The molecule has 3 atom stereocenters. The van der Waals surface area contributed by atoms with Crippen LogP contribution in [0.3, 0.4) is 0 Å². The Morgan fingerprint density at radius 3 is 2.21 bits per heavy atom. The van der Waals surface area contributed by atoms with E-state index in [2.05, 4.69) is 31.0 Å². The molecule has 0 amide bonds. The number of nitrogens with zero attached hydrogens (tertiary/aromatic N) is 1. The Bertz CT molecular complexity index is 261. The molecule has 112 valence electrons. The van der Waals surface area contributed by atoms with Crippen LogP contribution in [-0.2, 0) is 0 Å². The molecule has 1 aliphatic carbocycles. The molecule has 2 aliphatic rings. The normalized spacial score (nSPS) is 32.7. The fourth-order valence-electron chi connectivity index (χ4n) is 3.48. The van der Waals surface area contributed by atoms with Gasteiger partial charge in [-0.2, -0.15) is 0 Å². The summed E-state index contributed by atoms with van der Waals surface area (Å²) in [5.41, 5.74) is 0. The second-order valence-electron chi connectivity index (χ2n) is 6.93. The van der Waals surface area contributed by atoms with Gasteiger partial charge in [0.1, 0.15) is 0 Å². The third-order valence-electron chi connectivity index (χ3n) is 5.19. The van der Waals surface area contributed by atoms with E-state index in [1.54, 1.807) is 0 Å². The predicted molar refractivity (Wildman–Crippen MR) is 80.3 cm³/mol. The van der Waals surface area contributed by atoms with Gasteiger partial charge in [-0.25, -0.2) is 0 Å². The number of nitrogens with one attached hydrogen (secondary N) is 1. The Morgan fingerprint density at radius 1 is 1.00 bits per heavy atom. The number of aliphatic hydroxyl groups excluding tert-OH is 1. The number of aliphatic hydroxyl groups is 1. The van der Waals surface area contributed by atoms with E-state index >= 15 is 0 Å². The lowest BCUT2D eigenvalue weighted by atomic mass is 9.89. The zero-order valence-electron chi connectivity index (χ0n) is 12.9. The van der Waals surface area contributed by atoms with Crippen LogP contribution >= 0.6 is 0 Å². The van der Waals surface area contributed by atoms with Gasteiger partial charge in [-0.05, 0) is 38.5 Å². The molecule has 0 aromatic rings. The topological polar surface area (TPSA) is 35.5 Å². The minimum Gasteiger partial charge on any atom is -0.391 e. The molecule has 0 aromatic carbocycles. The lowest BCUT2D eigenvalue weighted by Crippen LogP contribution is -2.52. The molecule has 1 aliphatic heterocycles. The van der Waals surface area contributed by atoms with Crippen LogP contribution in [0.15, 0.2) is 0 Å². The van der Waals surface area contributed by atoms with Gasteiger partial charge in [0.15, 0.2) is 0 Å². The maximum absolute atomic E-state index is 10.1. The second kappa shape index (κ2) is 7.05. The Balaban J connectivity index is 1.75. The molecule has 2 fully saturated rings. The quantitative estimate of drug-likeness (QED) is 0.822. The van der Waals surface area contributed by atoms with Crippen molar-refractivity contribution in [3.8, 4) is 0 Å². The third-order valence-corrected chi connectivity index (χ3v) is 5.19. The molecule has 2 N–H and O–H groups in total. The molecule has 0 radical (unpaired) electrons. The summed E-state index contributed by atoms with van der Waals surface area (Å²) in [6, 6.07) is 1.73. The van der Waals surface area contributed by atoms with E-state index in [1.807, 2.05) is 0 Å². The van der Waals surface area contributed by atoms with Crippen molar-refractivity contribution >= 4 is 0 Å². The van der Waals surface area contributed by atoms with Crippen molar-refractivity contribution in [3.05, 3.63) is 0 Å². The van der Waals surface area contributed by atoms with Crippen molar-refractivity contribution in [2.45, 2.75) is 83.5 Å². The van der Waals surface area contributed by atoms with Crippen LogP contribution in [-0.4, -0.2) is 47.3 Å². The van der Waals surface area contributed by atoms with Gasteiger partial charge in [-0.15, -0.1) is 0 Å². The molecule has 0 bridgehead atoms. The molecule has 3 heteroatoms. The molecule has 3 unspecified atom stereocenters. The highest BCUT2D eigenvalue weighted by Crippen LogP contribution is 2.26. The van der Waals surface area contributed by atoms with Gasteiger partial charge < -0.3 is 10.4 Å². The summed E-state index contributed by atoms with van der Waals surface area (Å²) in [7, 11) is 0. The van der Waals surface area contributed by atoms with E-state index in [1.165, 1.54) is 32.1 Å². The lowest BCUT2D eigenvalue weighted by Gasteiger charge is -2.42. The van der Waals surface area contributed by atoms with Gasteiger partial charge >= 0.3 is 0 Å². The van der Waals surface area contributed by atoms with Crippen molar-refractivity contribution in [2.75, 3.05) is 13.1 Å². The van der Waals surface area contributed by atoms with Crippen LogP contribution in [0.1, 0.15) is 59.3 Å². The SMILES string of the molecule is CC(C)C(C)NC1CCN(C2CCCCC2O)CC1. The lowest BCUT2D eigenvalue weighted by molar-refractivity contribution is 0.00643. The van der Waals surface area contributed by atoms with Gasteiger partial charge in [0.2, 0.25) is 0 Å². The number of hydrogen-bond donors (Lipinski definition) is 2. The fraction of sp³-hybridized carbons (Fsp3) is 1.00. The number of hydrogen-bond acceptors (Lipinski definition) is 3. The maximum Gasteiger partial charge on any atom is 0.0695 e. The summed E-state index contributed by atoms with van der Waals surface area (Å²) in [6.07, 6.45) is 7.11. The Kier molecular flexibility index (Phi) is 5.67. The van der Waals surface area contributed by atoms with E-state index in [0.717, 1.165) is 19.5 Å². The van der Waals surface area contributed by atoms with Crippen molar-refractivity contribution in [1.82, 2.24) is 10.2 Å². The molecule has 19 heavy (non-hydrogen) atoms. The summed E-state index contributed by atoms with van der Waals surface area (Å²) in [5.74, 6) is 0.707. The molecule has 1 heterocycles. The summed E-state index contributed by atoms with van der Waals surface area (Å²) in [5, 5.41) is 13.9. The predicted octanol–water partition coefficient (Wildman–Crippen LogP) is 2.39. The Hall–Kier alpha value is -0.120. The van der Waals surface area contributed by atoms with Gasteiger partial charge in [0, 0.05) is 31.2 Å². The van der Waals surface area contributed by atoms with E-state index in [-0.39, 0.29) is 6.10 Å². The van der Waals surface area contributed by atoms with Crippen LogP contribution in [0.5, 0.6) is 0 Å². The summed E-state index contributed by atoms with van der Waals surface area (Å²) >= 11 is 0. The number of rotatable bonds is 4. The van der Waals surface area contributed by atoms with Crippen LogP contribution in [0, 0.1) is 5.92 Å². The van der Waals surface area contributed by atoms with Gasteiger partial charge in [-0.1, -0.05) is 26.7 Å². The van der Waals surface area contributed by atoms with Gasteiger partial charge in [0.25, 0.3) is 0 Å². The van der Waals surface area contributed by atoms with Crippen LogP contribution in [0.25, 0.3) is 0 Å². The summed E-state index contributed by atoms with van der Waals surface area (Å²) < 4.78 is 0. The first kappa shape index (κ1) is 15.3. The number of piperidine rings is 1. The molecule has 1 saturated heterocycles. The van der Waals surface area contributed by atoms with E-state index in [0.29, 0.717) is 24.0 Å². The highest BCUT2D eigenvalue weighted by molar-refractivity contribution is 4.88. The first-order valence-corrected chi connectivity index (χ1v) is 8.26. The minimum absolute atomic E-state index is 0.0761. The second-order valence-corrected chi connectivity index (χ2v) is 6.93. The average molecular weight is 268 g/mol. The van der Waals surface area contributed by atoms with E-state index < -0.39 is 0 Å². The van der Waals surface area contributed by atoms with E-state index in [9.17, 15) is 5.11 Å². The minimum atomic E-state index is -0.0761. The van der Waals surface area contributed by atoms with Crippen molar-refractivity contribution in [3.63, 3.8) is 0 Å². The maximum atomic E-state index is 10.1. The fourth-order valence-corrected chi connectivity index (χ4v) is 3.48. The highest BCUT2D eigenvalue weighted by atomic mass is 16.3. The molecular weight excluding hydrogens is 236 g/mol. The van der Waals surface area contributed by atoms with Crippen molar-refractivity contribution < 1.29 is 5.11 Å². The molecule has 3 nitrogen and oxygen atoms in total. The first-order valence-electron chi connectivity index (χ1n) is 8.26. The largest absolute Gasteiger partial charge is 0.391 e. The summed E-state index contributed by atoms with van der Waals surface area (Å²) in [6.45, 7) is 9.17. The highest BCUT2D eigenvalue weighted by Gasteiger charge is 2.31. The van der Waals surface area contributed by atoms with Crippen LogP contribution in [0.4, 0.5) is 0 Å². The monoisotopic (exact) mass is 268 g/mol. The molecule has 2 rings (SSSR count). The van der Waals surface area contributed by atoms with Crippen LogP contribution < -0.4 is 5.32 Å². The smallest absolute Gasteiger partial charge is 0.0695 e. The average Bonchev–Trinajstić information content (AvgIpc) is 2.40. The van der Waals surface area contributed by atoms with E-state index in [4.69, 9.17) is 0 Å². The molecule has 0 aromatic heterocycles. The molecular formula is C16H32N2O. The number of likely N-dealkylation sites (tertiary alicyclic amines) is 1. The van der Waals surface area contributed by atoms with Crippen molar-refractivity contribution in [1.29, 1.82) is 0 Å². The Morgan fingerprint density at radius 2 is 1.63 bits per heavy atom. The zero-order chi connectivity index (χ0) is 13.8.